The van der Waals surface area contributed by atoms with E-state index < -0.39 is 0 Å². The van der Waals surface area contributed by atoms with Gasteiger partial charge in [-0.1, -0.05) is 24.3 Å². The van der Waals surface area contributed by atoms with Crippen LogP contribution >= 0.6 is 0 Å². The summed E-state index contributed by atoms with van der Waals surface area (Å²) in [6, 6.07) is 16.7. The van der Waals surface area contributed by atoms with Crippen molar-refractivity contribution in [3.05, 3.63) is 65.9 Å². The highest BCUT2D eigenvalue weighted by atomic mass is 16.7. The van der Waals surface area contributed by atoms with Crippen LogP contribution in [0, 0.1) is 0 Å². The normalized spacial score (nSPS) is 13.1. The number of hydrazone groups is 1. The summed E-state index contributed by atoms with van der Waals surface area (Å²) >= 11 is 0. The molecule has 6 nitrogen and oxygen atoms in total. The van der Waals surface area contributed by atoms with Crippen LogP contribution in [0.1, 0.15) is 23.0 Å². The van der Waals surface area contributed by atoms with Gasteiger partial charge in [0.25, 0.3) is 5.91 Å². The Bertz CT molecular complexity index is 998. The van der Waals surface area contributed by atoms with Gasteiger partial charge in [0.15, 0.2) is 11.5 Å². The van der Waals surface area contributed by atoms with Crippen molar-refractivity contribution in [3.8, 4) is 11.5 Å². The molecule has 0 saturated heterocycles. The summed E-state index contributed by atoms with van der Waals surface area (Å²) in [6.45, 7) is 2.03. The van der Waals surface area contributed by atoms with Crippen molar-refractivity contribution in [1.82, 2.24) is 10.4 Å². The minimum absolute atomic E-state index is 0.222. The molecule has 2 aromatic carbocycles. The maximum atomic E-state index is 12.3. The third kappa shape index (κ3) is 3.01. The fourth-order valence-electron chi connectivity index (χ4n) is 2.57. The molecule has 0 spiro atoms. The number of ether oxygens (including phenoxy) is 2. The molecule has 2 heterocycles. The number of pyridine rings is 1. The van der Waals surface area contributed by atoms with Crippen molar-refractivity contribution < 1.29 is 14.3 Å². The Labute approximate surface area is 144 Å². The Kier molecular flexibility index (Phi) is 3.78. The topological polar surface area (TPSA) is 72.8 Å². The number of para-hydroxylation sites is 1. The Balaban J connectivity index is 1.52. The largest absolute Gasteiger partial charge is 0.454 e. The summed E-state index contributed by atoms with van der Waals surface area (Å²) in [7, 11) is 0. The average Bonchev–Trinajstić information content (AvgIpc) is 3.13. The molecule has 3 aromatic rings. The Morgan fingerprint density at radius 2 is 1.92 bits per heavy atom. The van der Waals surface area contributed by atoms with E-state index in [0.717, 1.165) is 16.5 Å². The fraction of sp³-hybridized carbons (Fsp3) is 0.105. The highest BCUT2D eigenvalue weighted by Crippen LogP contribution is 2.32. The predicted octanol–water partition coefficient (Wildman–Crippen LogP) is 3.12. The molecule has 0 atom stereocenters. The van der Waals surface area contributed by atoms with E-state index in [2.05, 4.69) is 15.5 Å². The molecule has 0 fully saturated rings. The average molecular weight is 333 g/mol. The van der Waals surface area contributed by atoms with Gasteiger partial charge in [0, 0.05) is 10.9 Å². The number of amides is 1. The number of nitrogens with zero attached hydrogens (tertiary/aromatic N) is 2. The number of hydrogen-bond donors (Lipinski definition) is 1. The molecule has 124 valence electrons. The maximum absolute atomic E-state index is 12.3. The summed E-state index contributed by atoms with van der Waals surface area (Å²) < 4.78 is 10.6. The summed E-state index contributed by atoms with van der Waals surface area (Å²) in [6.07, 6.45) is 0. The van der Waals surface area contributed by atoms with Gasteiger partial charge in [0.05, 0.1) is 11.2 Å². The molecule has 25 heavy (non-hydrogen) atoms. The fourth-order valence-corrected chi connectivity index (χ4v) is 2.57. The van der Waals surface area contributed by atoms with Crippen LogP contribution in [-0.2, 0) is 0 Å². The molecular weight excluding hydrogens is 318 g/mol. The van der Waals surface area contributed by atoms with Gasteiger partial charge in [0.1, 0.15) is 5.69 Å². The van der Waals surface area contributed by atoms with Crippen molar-refractivity contribution in [2.75, 3.05) is 6.79 Å². The minimum Gasteiger partial charge on any atom is -0.454 e. The van der Waals surface area contributed by atoms with Gasteiger partial charge < -0.3 is 9.47 Å². The lowest BCUT2D eigenvalue weighted by atomic mass is 10.1. The number of hydrogen-bond acceptors (Lipinski definition) is 5. The molecule has 1 N–H and O–H groups in total. The summed E-state index contributed by atoms with van der Waals surface area (Å²) in [5, 5.41) is 5.14. The first-order valence-electron chi connectivity index (χ1n) is 7.81. The number of carbonyl (C=O) groups is 1. The Hall–Kier alpha value is -3.41. The van der Waals surface area contributed by atoms with Crippen molar-refractivity contribution >= 4 is 22.5 Å². The standard InChI is InChI=1S/C19H15N3O3/c1-12(14-7-9-17-18(10-14)25-11-24-17)21-22-19(23)16-8-6-13-4-2-3-5-15(13)20-16/h2-10H,11H2,1H3,(H,22,23)/b21-12+. The van der Waals surface area contributed by atoms with Crippen LogP contribution < -0.4 is 14.9 Å². The molecule has 0 radical (unpaired) electrons. The van der Waals surface area contributed by atoms with Gasteiger partial charge in [-0.3, -0.25) is 4.79 Å². The van der Waals surface area contributed by atoms with E-state index in [9.17, 15) is 4.79 Å². The molecule has 0 aliphatic carbocycles. The van der Waals surface area contributed by atoms with Crippen LogP contribution in [0.2, 0.25) is 0 Å². The lowest BCUT2D eigenvalue weighted by molar-refractivity contribution is 0.0950. The lowest BCUT2D eigenvalue weighted by Crippen LogP contribution is -2.20. The highest BCUT2D eigenvalue weighted by Gasteiger charge is 2.14. The van der Waals surface area contributed by atoms with Crippen molar-refractivity contribution in [1.29, 1.82) is 0 Å². The Morgan fingerprint density at radius 3 is 2.84 bits per heavy atom. The van der Waals surface area contributed by atoms with E-state index >= 15 is 0 Å². The van der Waals surface area contributed by atoms with E-state index in [-0.39, 0.29) is 12.7 Å². The van der Waals surface area contributed by atoms with Crippen LogP contribution in [0.3, 0.4) is 0 Å². The van der Waals surface area contributed by atoms with Gasteiger partial charge >= 0.3 is 0 Å². The van der Waals surface area contributed by atoms with E-state index in [1.165, 1.54) is 0 Å². The predicted molar refractivity (Wildman–Crippen MR) is 94.0 cm³/mol. The van der Waals surface area contributed by atoms with Crippen molar-refractivity contribution in [3.63, 3.8) is 0 Å². The quantitative estimate of drug-likeness (QED) is 0.590. The second-order valence-electron chi connectivity index (χ2n) is 5.60. The monoisotopic (exact) mass is 333 g/mol. The van der Waals surface area contributed by atoms with E-state index in [1.807, 2.05) is 55.5 Å². The van der Waals surface area contributed by atoms with Crippen LogP contribution in [0.5, 0.6) is 11.5 Å². The van der Waals surface area contributed by atoms with Crippen LogP contribution in [-0.4, -0.2) is 23.4 Å². The van der Waals surface area contributed by atoms with E-state index in [0.29, 0.717) is 22.9 Å². The smallest absolute Gasteiger partial charge is 0.289 e. The Morgan fingerprint density at radius 1 is 1.08 bits per heavy atom. The second-order valence-corrected chi connectivity index (χ2v) is 5.60. The molecule has 0 unspecified atom stereocenters. The zero-order valence-electron chi connectivity index (χ0n) is 13.5. The number of nitrogens with one attached hydrogen (secondary N) is 1. The zero-order valence-corrected chi connectivity index (χ0v) is 13.5. The van der Waals surface area contributed by atoms with Gasteiger partial charge in [-0.05, 0) is 37.3 Å². The molecular formula is C19H15N3O3. The molecule has 1 aliphatic rings. The number of aromatic nitrogens is 1. The lowest BCUT2D eigenvalue weighted by Gasteiger charge is -2.05. The number of rotatable bonds is 3. The summed E-state index contributed by atoms with van der Waals surface area (Å²) in [5.41, 5.74) is 5.14. The van der Waals surface area contributed by atoms with E-state index in [4.69, 9.17) is 9.47 Å². The minimum atomic E-state index is -0.356. The van der Waals surface area contributed by atoms with Crippen molar-refractivity contribution in [2.45, 2.75) is 6.92 Å². The van der Waals surface area contributed by atoms with Gasteiger partial charge in [-0.25, -0.2) is 10.4 Å². The van der Waals surface area contributed by atoms with Gasteiger partial charge in [-0.15, -0.1) is 0 Å². The molecule has 1 amide bonds. The molecule has 0 bridgehead atoms. The summed E-state index contributed by atoms with van der Waals surface area (Å²) in [5.74, 6) is 1.03. The van der Waals surface area contributed by atoms with E-state index in [1.54, 1.807) is 6.07 Å². The molecule has 1 aromatic heterocycles. The zero-order chi connectivity index (χ0) is 17.2. The maximum Gasteiger partial charge on any atom is 0.289 e. The van der Waals surface area contributed by atoms with Gasteiger partial charge in [-0.2, -0.15) is 5.10 Å². The van der Waals surface area contributed by atoms with Crippen LogP contribution in [0.4, 0.5) is 0 Å². The third-order valence-corrected chi connectivity index (χ3v) is 3.95. The first-order chi connectivity index (χ1) is 12.2. The highest BCUT2D eigenvalue weighted by molar-refractivity contribution is 6.01. The number of fused-ring (bicyclic) bond motifs is 2. The van der Waals surface area contributed by atoms with Gasteiger partial charge in [0.2, 0.25) is 6.79 Å². The summed E-state index contributed by atoms with van der Waals surface area (Å²) in [4.78, 5) is 16.6. The molecule has 1 aliphatic heterocycles. The van der Waals surface area contributed by atoms with Crippen molar-refractivity contribution in [2.24, 2.45) is 5.10 Å². The van der Waals surface area contributed by atoms with Crippen LogP contribution in [0.25, 0.3) is 10.9 Å². The third-order valence-electron chi connectivity index (χ3n) is 3.95. The number of carbonyl (C=O) groups excluding carboxylic acids is 1. The molecule has 6 heteroatoms. The first-order valence-corrected chi connectivity index (χ1v) is 7.81. The first kappa shape index (κ1) is 15.1. The second kappa shape index (κ2) is 6.24. The molecule has 4 rings (SSSR count). The SMILES string of the molecule is C/C(=N\NC(=O)c1ccc2ccccc2n1)c1ccc2c(c1)OCO2. The number of benzene rings is 2. The molecule has 0 saturated carbocycles. The van der Waals surface area contributed by atoms with Crippen LogP contribution in [0.15, 0.2) is 59.7 Å².